The summed E-state index contributed by atoms with van der Waals surface area (Å²) in [7, 11) is 0. The summed E-state index contributed by atoms with van der Waals surface area (Å²) in [6.45, 7) is 2.47. The van der Waals surface area contributed by atoms with Crippen molar-refractivity contribution >= 4 is 39.1 Å². The predicted molar refractivity (Wildman–Crippen MR) is 132 cm³/mol. The van der Waals surface area contributed by atoms with E-state index < -0.39 is 5.91 Å². The minimum atomic E-state index is -0.405. The third-order valence-electron chi connectivity index (χ3n) is 5.05. The van der Waals surface area contributed by atoms with Crippen molar-refractivity contribution in [2.24, 2.45) is 0 Å². The molecule has 4 aromatic rings. The molecule has 2 heterocycles. The highest BCUT2D eigenvalue weighted by atomic mass is 32.1. The molecular formula is C25H22N6O3S. The van der Waals surface area contributed by atoms with Gasteiger partial charge in [0, 0.05) is 36.6 Å². The highest BCUT2D eigenvalue weighted by molar-refractivity contribution is 7.18. The summed E-state index contributed by atoms with van der Waals surface area (Å²) in [5.74, 6) is -0.672. The topological polar surface area (TPSA) is 130 Å². The van der Waals surface area contributed by atoms with Gasteiger partial charge in [0.2, 0.25) is 0 Å². The number of amides is 2. The molecule has 0 radical (unpaired) electrons. The quantitative estimate of drug-likeness (QED) is 0.338. The summed E-state index contributed by atoms with van der Waals surface area (Å²) < 4.78 is 6.69. The first-order valence-electron chi connectivity index (χ1n) is 10.9. The Morgan fingerprint density at radius 2 is 1.89 bits per heavy atom. The number of unbranched alkanes of at least 4 members (excludes halogenated alkanes) is 1. The summed E-state index contributed by atoms with van der Waals surface area (Å²) in [5, 5.41) is 15.0. The Morgan fingerprint density at radius 1 is 1.09 bits per heavy atom. The number of para-hydroxylation sites is 1. The van der Waals surface area contributed by atoms with E-state index in [1.54, 1.807) is 18.2 Å². The number of hydrogen-bond donors (Lipinski definition) is 2. The third-order valence-corrected chi connectivity index (χ3v) is 6.06. The standard InChI is InChI=1S/C25H22N6O3S/c1-16-8-9-17(23(32)27-11-5-4-10-26)12-20(16)31-24(33)18-13-28-25(29-14-18)34-15-22-30-19-6-2-3-7-21(19)35-22/h2-3,6-9,12-14H,4-5,11,15H2,1H3,(H,27,32)(H,31,33). The molecule has 0 aliphatic rings. The molecule has 2 N–H and O–H groups in total. The van der Waals surface area contributed by atoms with E-state index in [2.05, 4.69) is 25.6 Å². The number of rotatable bonds is 9. The van der Waals surface area contributed by atoms with Crippen LogP contribution < -0.4 is 15.4 Å². The van der Waals surface area contributed by atoms with Gasteiger partial charge < -0.3 is 15.4 Å². The molecule has 0 saturated heterocycles. The molecule has 9 nitrogen and oxygen atoms in total. The highest BCUT2D eigenvalue weighted by Gasteiger charge is 2.13. The smallest absolute Gasteiger partial charge is 0.316 e. The van der Waals surface area contributed by atoms with Crippen molar-refractivity contribution in [3.8, 4) is 12.1 Å². The fourth-order valence-corrected chi connectivity index (χ4v) is 4.06. The maximum atomic E-state index is 12.7. The Labute approximate surface area is 205 Å². The van der Waals surface area contributed by atoms with Gasteiger partial charge in [0.25, 0.3) is 11.8 Å². The Hall–Kier alpha value is -4.36. The minimum absolute atomic E-state index is 0.145. The predicted octanol–water partition coefficient (Wildman–Crippen LogP) is 4.26. The first-order valence-corrected chi connectivity index (χ1v) is 11.7. The first kappa shape index (κ1) is 23.8. The lowest BCUT2D eigenvalue weighted by Crippen LogP contribution is -2.24. The average molecular weight is 487 g/mol. The molecule has 0 unspecified atom stereocenters. The molecule has 0 spiro atoms. The molecular weight excluding hydrogens is 464 g/mol. The Morgan fingerprint density at radius 3 is 2.66 bits per heavy atom. The maximum Gasteiger partial charge on any atom is 0.316 e. The number of hydrogen-bond acceptors (Lipinski definition) is 8. The van der Waals surface area contributed by atoms with Crippen molar-refractivity contribution in [1.29, 1.82) is 5.26 Å². The van der Waals surface area contributed by atoms with E-state index in [1.165, 1.54) is 23.7 Å². The van der Waals surface area contributed by atoms with Gasteiger partial charge >= 0.3 is 6.01 Å². The average Bonchev–Trinajstić information content (AvgIpc) is 3.30. The number of nitriles is 1. The second kappa shape index (κ2) is 11.2. The molecule has 35 heavy (non-hydrogen) atoms. The molecule has 2 aromatic carbocycles. The summed E-state index contributed by atoms with van der Waals surface area (Å²) >= 11 is 1.54. The van der Waals surface area contributed by atoms with E-state index in [1.807, 2.05) is 37.3 Å². The molecule has 176 valence electrons. The first-order chi connectivity index (χ1) is 17.0. The number of aromatic nitrogens is 3. The Balaban J connectivity index is 1.35. The van der Waals surface area contributed by atoms with Crippen LogP contribution in [0.1, 0.15) is 44.1 Å². The number of benzene rings is 2. The van der Waals surface area contributed by atoms with Crippen LogP contribution in [0.2, 0.25) is 0 Å². The number of thiazole rings is 1. The molecule has 0 bridgehead atoms. The van der Waals surface area contributed by atoms with Crippen LogP contribution in [0.5, 0.6) is 6.01 Å². The number of anilines is 1. The minimum Gasteiger partial charge on any atom is -0.456 e. The van der Waals surface area contributed by atoms with Crippen molar-refractivity contribution in [2.45, 2.75) is 26.4 Å². The van der Waals surface area contributed by atoms with Crippen LogP contribution in [0.15, 0.2) is 54.9 Å². The SMILES string of the molecule is Cc1ccc(C(=O)NCCCC#N)cc1NC(=O)c1cnc(OCc2nc3ccccc3s2)nc1. The lowest BCUT2D eigenvalue weighted by atomic mass is 10.1. The van der Waals surface area contributed by atoms with E-state index in [0.29, 0.717) is 30.6 Å². The fraction of sp³-hybridized carbons (Fsp3) is 0.200. The van der Waals surface area contributed by atoms with Crippen LogP contribution in [0.3, 0.4) is 0 Å². The highest BCUT2D eigenvalue weighted by Crippen LogP contribution is 2.22. The van der Waals surface area contributed by atoms with Gasteiger partial charge in [-0.25, -0.2) is 15.0 Å². The van der Waals surface area contributed by atoms with Crippen molar-refractivity contribution in [2.75, 3.05) is 11.9 Å². The molecule has 2 amide bonds. The number of carbonyl (C=O) groups is 2. The third kappa shape index (κ3) is 6.16. The van der Waals surface area contributed by atoms with Crippen molar-refractivity contribution in [1.82, 2.24) is 20.3 Å². The van der Waals surface area contributed by atoms with E-state index in [0.717, 1.165) is 20.8 Å². The normalized spacial score (nSPS) is 10.5. The van der Waals surface area contributed by atoms with Gasteiger partial charge in [-0.3, -0.25) is 9.59 Å². The number of fused-ring (bicyclic) bond motifs is 1. The summed E-state index contributed by atoms with van der Waals surface area (Å²) in [5.41, 5.74) is 2.90. The molecule has 0 aliphatic heterocycles. The van der Waals surface area contributed by atoms with Gasteiger partial charge in [-0.05, 0) is 43.2 Å². The summed E-state index contributed by atoms with van der Waals surface area (Å²) in [4.78, 5) is 37.8. The van der Waals surface area contributed by atoms with Crippen molar-refractivity contribution < 1.29 is 14.3 Å². The summed E-state index contributed by atoms with van der Waals surface area (Å²) in [6.07, 6.45) is 3.73. The van der Waals surface area contributed by atoms with Crippen LogP contribution in [-0.2, 0) is 6.61 Å². The zero-order valence-corrected chi connectivity index (χ0v) is 19.8. The zero-order chi connectivity index (χ0) is 24.6. The number of carbonyl (C=O) groups excluding carboxylic acids is 2. The second-order valence-corrected chi connectivity index (χ2v) is 8.73. The van der Waals surface area contributed by atoms with Gasteiger partial charge in [0.05, 0.1) is 21.8 Å². The number of nitrogens with zero attached hydrogens (tertiary/aromatic N) is 4. The van der Waals surface area contributed by atoms with Gasteiger partial charge in [-0.2, -0.15) is 5.26 Å². The van der Waals surface area contributed by atoms with E-state index in [-0.39, 0.29) is 24.1 Å². The second-order valence-electron chi connectivity index (χ2n) is 7.62. The van der Waals surface area contributed by atoms with Gasteiger partial charge in [-0.1, -0.05) is 18.2 Å². The number of aryl methyl sites for hydroxylation is 1. The molecule has 10 heteroatoms. The van der Waals surface area contributed by atoms with Crippen molar-refractivity contribution in [3.05, 3.63) is 76.6 Å². The zero-order valence-electron chi connectivity index (χ0n) is 18.9. The van der Waals surface area contributed by atoms with E-state index >= 15 is 0 Å². The molecule has 0 atom stereocenters. The summed E-state index contributed by atoms with van der Waals surface area (Å²) in [6, 6.07) is 15.1. The van der Waals surface area contributed by atoms with Gasteiger partial charge in [0.1, 0.15) is 11.6 Å². The van der Waals surface area contributed by atoms with Crippen LogP contribution in [0.25, 0.3) is 10.2 Å². The monoisotopic (exact) mass is 486 g/mol. The molecule has 4 rings (SSSR count). The molecule has 2 aromatic heterocycles. The van der Waals surface area contributed by atoms with Crippen LogP contribution >= 0.6 is 11.3 Å². The number of nitrogens with one attached hydrogen (secondary N) is 2. The van der Waals surface area contributed by atoms with E-state index in [9.17, 15) is 9.59 Å². The van der Waals surface area contributed by atoms with E-state index in [4.69, 9.17) is 10.00 Å². The largest absolute Gasteiger partial charge is 0.456 e. The fourth-order valence-electron chi connectivity index (χ4n) is 3.18. The van der Waals surface area contributed by atoms with Gasteiger partial charge in [0.15, 0.2) is 0 Å². The van der Waals surface area contributed by atoms with Crippen molar-refractivity contribution in [3.63, 3.8) is 0 Å². The molecule has 0 saturated carbocycles. The lowest BCUT2D eigenvalue weighted by Gasteiger charge is -2.11. The van der Waals surface area contributed by atoms with Crippen LogP contribution in [0.4, 0.5) is 5.69 Å². The molecule has 0 fully saturated rings. The number of ether oxygens (including phenoxy) is 1. The maximum absolute atomic E-state index is 12.7. The Kier molecular flexibility index (Phi) is 7.60. The molecule has 0 aliphatic carbocycles. The van der Waals surface area contributed by atoms with Crippen LogP contribution in [-0.4, -0.2) is 33.3 Å². The van der Waals surface area contributed by atoms with Gasteiger partial charge in [-0.15, -0.1) is 11.3 Å². The lowest BCUT2D eigenvalue weighted by molar-refractivity contribution is 0.0952. The Bertz CT molecular complexity index is 1360. The van der Waals surface area contributed by atoms with Crippen LogP contribution in [0, 0.1) is 18.3 Å².